The Labute approximate surface area is 353 Å². The van der Waals surface area contributed by atoms with Crippen molar-refractivity contribution < 1.29 is 49.8 Å². The van der Waals surface area contributed by atoms with Crippen LogP contribution >= 0.6 is 0 Å². The minimum absolute atomic E-state index is 0. The highest BCUT2D eigenvalue weighted by molar-refractivity contribution is 5.84. The monoisotopic (exact) mass is 879 g/mol. The number of nitrogen functional groups attached to an aromatic ring is 1. The Hall–Kier alpha value is -6.34. The minimum Gasteiger partial charge on any atom is -0.480 e. The summed E-state index contributed by atoms with van der Waals surface area (Å²) >= 11 is 0. The van der Waals surface area contributed by atoms with Gasteiger partial charge in [-0.1, -0.05) is 35.1 Å². The number of aliphatic carboxylic acids is 1. The van der Waals surface area contributed by atoms with Gasteiger partial charge in [0.25, 0.3) is 0 Å². The summed E-state index contributed by atoms with van der Waals surface area (Å²) in [5, 5.41) is 17.2. The van der Waals surface area contributed by atoms with Gasteiger partial charge in [-0.05, 0) is 88.1 Å². The molecule has 2 unspecified atom stereocenters. The molecule has 0 bridgehead atoms. The van der Waals surface area contributed by atoms with Crippen molar-refractivity contribution in [1.29, 1.82) is 0 Å². The molecule has 0 radical (unpaired) electrons. The molecule has 0 amide bonds. The van der Waals surface area contributed by atoms with Gasteiger partial charge < -0.3 is 20.0 Å². The van der Waals surface area contributed by atoms with Crippen LogP contribution in [0, 0.1) is 25.5 Å². The Balaban J connectivity index is 0.000000270. The van der Waals surface area contributed by atoms with E-state index < -0.39 is 41.8 Å². The molecule has 4 heterocycles. The van der Waals surface area contributed by atoms with E-state index in [-0.39, 0.29) is 54.7 Å². The van der Waals surface area contributed by atoms with Crippen LogP contribution in [0.25, 0.3) is 11.4 Å². The molecule has 4 aromatic heterocycles. The number of aromatic nitrogens is 8. The van der Waals surface area contributed by atoms with Gasteiger partial charge in [-0.2, -0.15) is 36.5 Å². The van der Waals surface area contributed by atoms with E-state index in [2.05, 4.69) is 20.2 Å². The number of hydrogen-bond donors (Lipinski definition) is 2. The SMILES string of the molecule is C.CC(C)c1c(N)cnn1-c1ccc(F)cc1.Cc1nc(C(F)(F)F)cn1C(C)C(=O)Cc1cnn(-c2ccc(F)cc2)c1C(C)C.Cc1nc(C(F)(F)F)cn1C(C)C(=O)O. The van der Waals surface area contributed by atoms with E-state index in [0.717, 1.165) is 27.8 Å². The van der Waals surface area contributed by atoms with Gasteiger partial charge in [-0.3, -0.25) is 4.79 Å². The number of halogens is 8. The van der Waals surface area contributed by atoms with Crippen molar-refractivity contribution in [2.45, 2.75) is 106 Å². The molecule has 0 aliphatic carbocycles. The molecule has 0 saturated carbocycles. The molecular weight excluding hydrogens is 831 g/mol. The zero-order valence-electron chi connectivity index (χ0n) is 34.4. The Morgan fingerprint density at radius 1 is 0.661 bits per heavy atom. The van der Waals surface area contributed by atoms with Gasteiger partial charge in [0.15, 0.2) is 17.2 Å². The van der Waals surface area contributed by atoms with E-state index in [1.54, 1.807) is 52.9 Å². The number of alkyl halides is 6. The maximum absolute atomic E-state index is 13.2. The summed E-state index contributed by atoms with van der Waals surface area (Å²) in [6.45, 7) is 13.6. The second-order valence-electron chi connectivity index (χ2n) is 14.6. The van der Waals surface area contributed by atoms with E-state index >= 15 is 0 Å². The van der Waals surface area contributed by atoms with E-state index in [0.29, 0.717) is 23.1 Å². The fourth-order valence-electron chi connectivity index (χ4n) is 6.31. The highest BCUT2D eigenvalue weighted by Gasteiger charge is 2.36. The maximum Gasteiger partial charge on any atom is 0.434 e. The van der Waals surface area contributed by atoms with Crippen LogP contribution in [-0.2, 0) is 28.4 Å². The lowest BCUT2D eigenvalue weighted by Gasteiger charge is -2.16. The predicted octanol–water partition coefficient (Wildman–Crippen LogP) is 10.2. The van der Waals surface area contributed by atoms with Crippen LogP contribution in [0.2, 0.25) is 0 Å². The number of carbonyl (C=O) groups excluding carboxylic acids is 1. The Bertz CT molecular complexity index is 2430. The van der Waals surface area contributed by atoms with Gasteiger partial charge in [0.2, 0.25) is 0 Å². The Kier molecular flexibility index (Phi) is 16.2. The first-order valence-corrected chi connectivity index (χ1v) is 18.7. The first-order chi connectivity index (χ1) is 28.3. The van der Waals surface area contributed by atoms with Gasteiger partial charge >= 0.3 is 18.3 Å². The fraction of sp³-hybridized carbons (Fsp3) is 0.381. The van der Waals surface area contributed by atoms with Crippen LogP contribution < -0.4 is 5.73 Å². The lowest BCUT2D eigenvalue weighted by molar-refractivity contribution is -0.142. The first kappa shape index (κ1) is 50.0. The molecule has 0 fully saturated rings. The average Bonchev–Trinajstić information content (AvgIpc) is 3.97. The summed E-state index contributed by atoms with van der Waals surface area (Å²) in [6, 6.07) is 10.2. The lowest BCUT2D eigenvalue weighted by atomic mass is 9.99. The summed E-state index contributed by atoms with van der Waals surface area (Å²) in [5.41, 5.74) is 8.32. The van der Waals surface area contributed by atoms with E-state index in [4.69, 9.17) is 10.8 Å². The summed E-state index contributed by atoms with van der Waals surface area (Å²) < 4.78 is 107. The number of carbonyl (C=O) groups is 2. The van der Waals surface area contributed by atoms with Gasteiger partial charge in [0.1, 0.15) is 29.3 Å². The number of carboxylic acids is 1. The number of ketones is 1. The number of carboxylic acid groups (broad SMARTS) is 1. The number of benzene rings is 2. The summed E-state index contributed by atoms with van der Waals surface area (Å²) in [5.74, 6) is -1.65. The number of aryl methyl sites for hydroxylation is 2. The van der Waals surface area contributed by atoms with Crippen LogP contribution in [0.15, 0.2) is 73.3 Å². The number of hydrogen-bond acceptors (Lipinski definition) is 7. The second-order valence-corrected chi connectivity index (χ2v) is 14.6. The quantitative estimate of drug-likeness (QED) is 0.129. The highest BCUT2D eigenvalue weighted by Crippen LogP contribution is 2.31. The molecular formula is C42H49F8N9O3. The zero-order valence-corrected chi connectivity index (χ0v) is 34.4. The van der Waals surface area contributed by atoms with Gasteiger partial charge in [0.05, 0.1) is 46.9 Å². The Morgan fingerprint density at radius 3 is 1.42 bits per heavy atom. The van der Waals surface area contributed by atoms with Crippen LogP contribution in [0.4, 0.5) is 40.8 Å². The number of rotatable bonds is 10. The lowest BCUT2D eigenvalue weighted by Crippen LogP contribution is -2.20. The Morgan fingerprint density at radius 2 is 1.05 bits per heavy atom. The summed E-state index contributed by atoms with van der Waals surface area (Å²) in [4.78, 5) is 30.2. The van der Waals surface area contributed by atoms with E-state index in [1.807, 2.05) is 27.7 Å². The number of imidazole rings is 2. The zero-order chi connectivity index (χ0) is 45.7. The molecule has 6 aromatic rings. The molecule has 0 aliphatic heterocycles. The second kappa shape index (κ2) is 20.0. The molecule has 0 aliphatic rings. The van der Waals surface area contributed by atoms with Gasteiger partial charge in [-0.15, -0.1) is 0 Å². The van der Waals surface area contributed by atoms with Crippen molar-refractivity contribution in [3.05, 3.63) is 125 Å². The molecule has 2 aromatic carbocycles. The molecule has 2 atom stereocenters. The normalized spacial score (nSPS) is 12.5. The van der Waals surface area contributed by atoms with Crippen molar-refractivity contribution >= 4 is 17.4 Å². The van der Waals surface area contributed by atoms with Gasteiger partial charge in [0, 0.05) is 24.4 Å². The molecule has 336 valence electrons. The van der Waals surface area contributed by atoms with Crippen LogP contribution in [0.5, 0.6) is 0 Å². The number of nitrogens with zero attached hydrogens (tertiary/aromatic N) is 8. The van der Waals surface area contributed by atoms with E-state index in [1.165, 1.54) is 49.6 Å². The van der Waals surface area contributed by atoms with Crippen molar-refractivity contribution in [2.24, 2.45) is 0 Å². The number of anilines is 1. The smallest absolute Gasteiger partial charge is 0.434 e. The third kappa shape index (κ3) is 11.9. The standard InChI is InChI=1S/C21H22F4N4O.C12H14FN3.C8H9F3N2O2.CH4/c1-12(2)20-15(10-26-29(20)17-7-5-16(22)6-8-17)9-18(30)13(3)28-11-19(21(23,24)25)27-14(28)4;1-8(2)12-11(14)7-15-16(12)10-5-3-9(13)4-6-10;1-4(7(14)15)13-3-6(8(9,10)11)12-5(13)2;/h5-8,10-13H,9H2,1-4H3;3-8H,14H2,1-2H3;3-4H,1-2H3,(H,14,15);1H4. The molecule has 20 heteroatoms. The van der Waals surface area contributed by atoms with Gasteiger partial charge in [-0.25, -0.2) is 32.9 Å². The van der Waals surface area contributed by atoms with Crippen molar-refractivity contribution in [1.82, 2.24) is 38.7 Å². The molecule has 0 saturated heterocycles. The largest absolute Gasteiger partial charge is 0.480 e. The van der Waals surface area contributed by atoms with E-state index in [9.17, 15) is 44.7 Å². The van der Waals surface area contributed by atoms with Crippen molar-refractivity contribution in [3.63, 3.8) is 0 Å². The predicted molar refractivity (Wildman–Crippen MR) is 216 cm³/mol. The maximum atomic E-state index is 13.2. The van der Waals surface area contributed by atoms with Crippen LogP contribution in [0.1, 0.15) is 113 Å². The first-order valence-electron chi connectivity index (χ1n) is 18.7. The molecule has 12 nitrogen and oxygen atoms in total. The van der Waals surface area contributed by atoms with Crippen molar-refractivity contribution in [2.75, 3.05) is 5.73 Å². The summed E-state index contributed by atoms with van der Waals surface area (Å²) in [7, 11) is 0. The average molecular weight is 880 g/mol. The number of nitrogens with two attached hydrogens (primary N) is 1. The van der Waals surface area contributed by atoms with Crippen molar-refractivity contribution in [3.8, 4) is 11.4 Å². The number of Topliss-reactive ketones (excluding diaryl/α,β-unsaturated/α-hetero) is 1. The molecule has 0 spiro atoms. The van der Waals surface area contributed by atoms with Crippen LogP contribution in [0.3, 0.4) is 0 Å². The third-order valence-electron chi connectivity index (χ3n) is 9.40. The third-order valence-corrected chi connectivity index (χ3v) is 9.40. The molecule has 62 heavy (non-hydrogen) atoms. The minimum atomic E-state index is -4.57. The highest BCUT2D eigenvalue weighted by atomic mass is 19.4. The topological polar surface area (TPSA) is 152 Å². The fourth-order valence-corrected chi connectivity index (χ4v) is 6.31. The summed E-state index contributed by atoms with van der Waals surface area (Å²) in [6.07, 6.45) is -4.34. The molecule has 6 rings (SSSR count). The molecule has 3 N–H and O–H groups in total. The van der Waals surface area contributed by atoms with Crippen LogP contribution in [-0.4, -0.2) is 55.5 Å².